The molecule has 0 spiro atoms. The number of hydrogen-bond acceptors (Lipinski definition) is 9. The summed E-state index contributed by atoms with van der Waals surface area (Å²) in [5.74, 6) is -0.960. The lowest BCUT2D eigenvalue weighted by atomic mass is 10.1. The van der Waals surface area contributed by atoms with E-state index in [1.54, 1.807) is 13.8 Å². The maximum Gasteiger partial charge on any atom is 0.325 e. The first kappa shape index (κ1) is 34.5. The molecule has 0 rings (SSSR count). The normalized spacial score (nSPS) is 15.2. The van der Waals surface area contributed by atoms with E-state index in [0.29, 0.717) is 10.6 Å². The fraction of sp³-hybridized carbons (Fsp3) is 0.667. The summed E-state index contributed by atoms with van der Waals surface area (Å²) >= 11 is 8.62. The zero-order valence-electron chi connectivity index (χ0n) is 18.1. The summed E-state index contributed by atoms with van der Waals surface area (Å²) in [6.45, 7) is 5.05. The second-order valence-corrected chi connectivity index (χ2v) is 9.90. The zero-order valence-corrected chi connectivity index (χ0v) is 20.7. The van der Waals surface area contributed by atoms with Crippen LogP contribution in [0.1, 0.15) is 40.0 Å². The van der Waals surface area contributed by atoms with Gasteiger partial charge in [-0.05, 0) is 12.3 Å². The lowest BCUT2D eigenvalue weighted by Crippen LogP contribution is -2.26. The standard InChI is InChI=1S/C5H11N3O2.C5H13N2O4P.C5H10N2OS2/c1-3(5(7)9)2-4(6)8-10;1-4(2-5(6)7-8)3-12(9,10)11;1-3(2-4(9)10)5(6)7-8/h3,10H,2H2,1H3,(H2,6,8)(H2,7,9);4,8H,2-3H2,1H3,(H2,6,7)(H2,9,10,11);3,8H,2H2,1H3,(H2,6,7)(H,9,10). The van der Waals surface area contributed by atoms with E-state index in [9.17, 15) is 9.36 Å². The Morgan fingerprint density at radius 3 is 1.66 bits per heavy atom. The molecule has 3 unspecified atom stereocenters. The molecule has 0 saturated carbocycles. The van der Waals surface area contributed by atoms with E-state index in [1.807, 2.05) is 6.92 Å². The minimum absolute atomic E-state index is 0.0176. The van der Waals surface area contributed by atoms with Crippen LogP contribution in [0.2, 0.25) is 0 Å². The second-order valence-electron chi connectivity index (χ2n) is 6.87. The van der Waals surface area contributed by atoms with Gasteiger partial charge in [-0.1, -0.05) is 48.5 Å². The van der Waals surface area contributed by atoms with Crippen molar-refractivity contribution < 1.29 is 34.8 Å². The minimum atomic E-state index is -3.98. The summed E-state index contributed by atoms with van der Waals surface area (Å²) in [6.07, 6.45) is 0.699. The molecule has 0 radical (unpaired) electrons. The van der Waals surface area contributed by atoms with Gasteiger partial charge < -0.3 is 48.3 Å². The van der Waals surface area contributed by atoms with Gasteiger partial charge in [-0.3, -0.25) is 9.36 Å². The number of thiocarbonyl (C=S) groups is 1. The van der Waals surface area contributed by atoms with Crippen molar-refractivity contribution in [2.45, 2.75) is 40.0 Å². The number of hydrogen-bond donors (Lipinski definition) is 10. The molecule has 188 valence electrons. The molecule has 14 nitrogen and oxygen atoms in total. The van der Waals surface area contributed by atoms with Crippen molar-refractivity contribution in [3.63, 3.8) is 0 Å². The monoisotopic (exact) mass is 519 g/mol. The van der Waals surface area contributed by atoms with Crippen LogP contribution in [-0.2, 0) is 9.36 Å². The van der Waals surface area contributed by atoms with E-state index < -0.39 is 13.5 Å². The van der Waals surface area contributed by atoms with Crippen LogP contribution in [-0.4, -0.2) is 59.2 Å². The predicted molar refractivity (Wildman–Crippen MR) is 129 cm³/mol. The molecule has 0 fully saturated rings. The highest BCUT2D eigenvalue weighted by Gasteiger charge is 2.18. The Bertz CT molecular complexity index is 716. The summed E-state index contributed by atoms with van der Waals surface area (Å²) in [5, 5.41) is 32.7. The molecule has 32 heavy (non-hydrogen) atoms. The molecular formula is C15H34N7O7PS2. The van der Waals surface area contributed by atoms with Crippen molar-refractivity contribution in [1.29, 1.82) is 0 Å². The van der Waals surface area contributed by atoms with E-state index in [4.69, 9.17) is 60.6 Å². The summed E-state index contributed by atoms with van der Waals surface area (Å²) in [5.41, 5.74) is 20.4. The maximum atomic E-state index is 10.5. The molecule has 0 heterocycles. The highest BCUT2D eigenvalue weighted by Crippen LogP contribution is 2.37. The number of carbonyl (C=O) groups is 1. The first-order valence-electron chi connectivity index (χ1n) is 8.96. The molecule has 17 heteroatoms. The Morgan fingerprint density at radius 2 is 1.34 bits per heavy atom. The van der Waals surface area contributed by atoms with Gasteiger partial charge in [-0.2, -0.15) is 0 Å². The van der Waals surface area contributed by atoms with Crippen molar-refractivity contribution in [3.8, 4) is 0 Å². The van der Waals surface area contributed by atoms with Crippen molar-refractivity contribution in [2.24, 2.45) is 56.2 Å². The maximum absolute atomic E-state index is 10.5. The Hall–Kier alpha value is -2.13. The van der Waals surface area contributed by atoms with Crippen LogP contribution in [0.15, 0.2) is 15.5 Å². The molecule has 3 atom stereocenters. The Labute approximate surface area is 197 Å². The van der Waals surface area contributed by atoms with E-state index in [0.717, 1.165) is 0 Å². The number of oxime groups is 3. The zero-order chi connectivity index (χ0) is 26.1. The third-order valence-corrected chi connectivity index (χ3v) is 4.91. The number of amides is 1. The summed E-state index contributed by atoms with van der Waals surface area (Å²) < 4.78 is 11.0. The average Bonchev–Trinajstić information content (AvgIpc) is 2.65. The molecule has 0 aromatic heterocycles. The van der Waals surface area contributed by atoms with Gasteiger partial charge in [-0.25, -0.2) is 0 Å². The molecule has 0 aromatic carbocycles. The van der Waals surface area contributed by atoms with E-state index in [1.165, 1.54) is 0 Å². The highest BCUT2D eigenvalue weighted by atomic mass is 32.1. The van der Waals surface area contributed by atoms with Gasteiger partial charge in [-0.15, -0.1) is 12.6 Å². The Morgan fingerprint density at radius 1 is 0.906 bits per heavy atom. The lowest BCUT2D eigenvalue weighted by Gasteiger charge is -2.10. The Balaban J connectivity index is -0.000000397. The van der Waals surface area contributed by atoms with Crippen LogP contribution in [0.4, 0.5) is 0 Å². The largest absolute Gasteiger partial charge is 0.409 e. The molecule has 0 aliphatic heterocycles. The van der Waals surface area contributed by atoms with E-state index in [-0.39, 0.29) is 54.3 Å². The van der Waals surface area contributed by atoms with Gasteiger partial charge in [0.15, 0.2) is 0 Å². The fourth-order valence-corrected chi connectivity index (χ4v) is 3.25. The number of thiol groups is 1. The molecular weight excluding hydrogens is 485 g/mol. The quantitative estimate of drug-likeness (QED) is 0.0354. The topological polar surface area (TPSA) is 276 Å². The second kappa shape index (κ2) is 18.4. The smallest absolute Gasteiger partial charge is 0.325 e. The van der Waals surface area contributed by atoms with Crippen molar-refractivity contribution in [3.05, 3.63) is 0 Å². The SMILES string of the molecule is CC(C/C(N)=N\O)C(N)=O.CC(C/C(N)=N\O)CP(=O)(O)O.CC(CC(=S)S)/C(N)=N/O. The number of rotatable bonds is 10. The summed E-state index contributed by atoms with van der Waals surface area (Å²) in [4.78, 5) is 27.5. The highest BCUT2D eigenvalue weighted by molar-refractivity contribution is 8.11. The summed E-state index contributed by atoms with van der Waals surface area (Å²) in [7, 11) is -3.98. The van der Waals surface area contributed by atoms with Crippen LogP contribution in [0.3, 0.4) is 0 Å². The third kappa shape index (κ3) is 24.1. The van der Waals surface area contributed by atoms with Gasteiger partial charge in [0.05, 0.1) is 6.16 Å². The first-order valence-corrected chi connectivity index (χ1v) is 11.6. The van der Waals surface area contributed by atoms with E-state index in [2.05, 4.69) is 28.1 Å². The summed E-state index contributed by atoms with van der Waals surface area (Å²) in [6, 6.07) is 0. The number of nitrogens with two attached hydrogens (primary N) is 4. The van der Waals surface area contributed by atoms with Crippen LogP contribution in [0.25, 0.3) is 0 Å². The van der Waals surface area contributed by atoms with Crippen molar-refractivity contribution >= 4 is 60.1 Å². The molecule has 0 aromatic rings. The molecule has 0 aliphatic rings. The number of primary amides is 1. The van der Waals surface area contributed by atoms with Gasteiger partial charge >= 0.3 is 7.60 Å². The molecule has 0 bridgehead atoms. The van der Waals surface area contributed by atoms with Crippen LogP contribution < -0.4 is 22.9 Å². The third-order valence-electron chi connectivity index (χ3n) is 3.47. The minimum Gasteiger partial charge on any atom is -0.409 e. The van der Waals surface area contributed by atoms with Crippen LogP contribution in [0, 0.1) is 17.8 Å². The predicted octanol–water partition coefficient (Wildman–Crippen LogP) is 0.197. The van der Waals surface area contributed by atoms with Gasteiger partial charge in [0.25, 0.3) is 0 Å². The van der Waals surface area contributed by atoms with Crippen LogP contribution >= 0.6 is 32.4 Å². The van der Waals surface area contributed by atoms with Crippen LogP contribution in [0.5, 0.6) is 0 Å². The Kier molecular flexibility index (Phi) is 19.9. The fourth-order valence-electron chi connectivity index (χ4n) is 1.79. The average molecular weight is 520 g/mol. The molecule has 0 aliphatic carbocycles. The number of amidine groups is 3. The van der Waals surface area contributed by atoms with Gasteiger partial charge in [0.2, 0.25) is 5.91 Å². The lowest BCUT2D eigenvalue weighted by molar-refractivity contribution is -0.121. The van der Waals surface area contributed by atoms with Crippen molar-refractivity contribution in [2.75, 3.05) is 6.16 Å². The number of carbonyl (C=O) groups excluding carboxylic acids is 1. The van der Waals surface area contributed by atoms with Crippen molar-refractivity contribution in [1.82, 2.24) is 0 Å². The first-order chi connectivity index (χ1) is 14.5. The van der Waals surface area contributed by atoms with Gasteiger partial charge in [0, 0.05) is 28.9 Å². The molecule has 13 N–H and O–H groups in total. The molecule has 0 saturated heterocycles. The van der Waals surface area contributed by atoms with E-state index >= 15 is 0 Å². The van der Waals surface area contributed by atoms with Gasteiger partial charge in [0.1, 0.15) is 17.5 Å². The molecule has 1 amide bonds. The number of nitrogens with zero attached hydrogens (tertiary/aromatic N) is 3.